The predicted octanol–water partition coefficient (Wildman–Crippen LogP) is 4.15. The molecule has 3 atom stereocenters. The van der Waals surface area contributed by atoms with Gasteiger partial charge in [-0.2, -0.15) is 0 Å². The van der Waals surface area contributed by atoms with Crippen molar-refractivity contribution in [1.29, 1.82) is 0 Å². The van der Waals surface area contributed by atoms with Crippen LogP contribution in [0.3, 0.4) is 0 Å². The second-order valence-corrected chi connectivity index (χ2v) is 8.47. The Morgan fingerprint density at radius 1 is 1.11 bits per heavy atom. The van der Waals surface area contributed by atoms with E-state index in [2.05, 4.69) is 30.4 Å². The zero-order chi connectivity index (χ0) is 19.0. The van der Waals surface area contributed by atoms with Crippen LogP contribution in [0.4, 0.5) is 10.5 Å². The summed E-state index contributed by atoms with van der Waals surface area (Å²) in [5, 5.41) is 14.1. The van der Waals surface area contributed by atoms with Crippen LogP contribution in [0.2, 0.25) is 0 Å². The number of nitrogens with one attached hydrogen (secondary N) is 1. The largest absolute Gasteiger partial charge is 0.390 e. The van der Waals surface area contributed by atoms with E-state index in [-0.39, 0.29) is 6.03 Å². The molecule has 2 aromatic rings. The fourth-order valence-electron chi connectivity index (χ4n) is 4.89. The number of amides is 2. The van der Waals surface area contributed by atoms with Crippen LogP contribution in [-0.2, 0) is 6.42 Å². The molecule has 0 radical (unpaired) electrons. The van der Waals surface area contributed by atoms with E-state index in [1.165, 1.54) is 11.1 Å². The molecule has 27 heavy (non-hydrogen) atoms. The van der Waals surface area contributed by atoms with Crippen LogP contribution in [-0.4, -0.2) is 34.7 Å². The van der Waals surface area contributed by atoms with Crippen molar-refractivity contribution in [3.8, 4) is 0 Å². The van der Waals surface area contributed by atoms with Crippen LogP contribution in [0.15, 0.2) is 48.5 Å². The Morgan fingerprint density at radius 2 is 1.78 bits per heavy atom. The fourth-order valence-corrected chi connectivity index (χ4v) is 4.89. The minimum atomic E-state index is -0.632. The highest BCUT2D eigenvalue weighted by molar-refractivity contribution is 5.90. The molecular formula is C23H28N2O2. The third kappa shape index (κ3) is 3.86. The molecule has 0 spiro atoms. The fraction of sp³-hybridized carbons (Fsp3) is 0.435. The molecule has 0 aromatic heterocycles. The van der Waals surface area contributed by atoms with E-state index in [9.17, 15) is 9.90 Å². The van der Waals surface area contributed by atoms with Crippen molar-refractivity contribution in [2.24, 2.45) is 11.8 Å². The smallest absolute Gasteiger partial charge is 0.321 e. The lowest BCUT2D eigenvalue weighted by Crippen LogP contribution is -2.36. The number of carbonyl (C=O) groups is 1. The Bertz CT molecular complexity index is 820. The molecule has 2 N–H and O–H groups in total. The number of anilines is 1. The zero-order valence-electron chi connectivity index (χ0n) is 16.1. The van der Waals surface area contributed by atoms with E-state index in [1.807, 2.05) is 42.2 Å². The van der Waals surface area contributed by atoms with E-state index >= 15 is 0 Å². The van der Waals surface area contributed by atoms with Gasteiger partial charge in [0.2, 0.25) is 0 Å². The van der Waals surface area contributed by atoms with E-state index in [4.69, 9.17) is 0 Å². The van der Waals surface area contributed by atoms with Crippen LogP contribution >= 0.6 is 0 Å². The van der Waals surface area contributed by atoms with Crippen molar-refractivity contribution in [3.63, 3.8) is 0 Å². The van der Waals surface area contributed by atoms with Gasteiger partial charge in [-0.05, 0) is 55.7 Å². The lowest BCUT2D eigenvalue weighted by molar-refractivity contribution is 0.0369. The number of rotatable bonds is 3. The summed E-state index contributed by atoms with van der Waals surface area (Å²) in [6, 6.07) is 16.2. The number of hydrogen-bond donors (Lipinski definition) is 2. The van der Waals surface area contributed by atoms with E-state index < -0.39 is 5.60 Å². The Hall–Kier alpha value is -2.33. The first-order valence-electron chi connectivity index (χ1n) is 9.81. The normalized spacial score (nSPS) is 26.9. The van der Waals surface area contributed by atoms with Crippen LogP contribution in [0.25, 0.3) is 0 Å². The van der Waals surface area contributed by atoms with Gasteiger partial charge in [-0.15, -0.1) is 0 Å². The molecule has 1 heterocycles. The summed E-state index contributed by atoms with van der Waals surface area (Å²) in [4.78, 5) is 14.6. The molecule has 4 nitrogen and oxygen atoms in total. The highest BCUT2D eigenvalue weighted by Crippen LogP contribution is 2.45. The maximum atomic E-state index is 12.7. The number of hydrogen-bond acceptors (Lipinski definition) is 2. The minimum absolute atomic E-state index is 0.0250. The molecule has 2 aromatic carbocycles. The Balaban J connectivity index is 1.36. The molecule has 0 bridgehead atoms. The van der Waals surface area contributed by atoms with Crippen molar-refractivity contribution in [2.75, 3.05) is 18.4 Å². The summed E-state index contributed by atoms with van der Waals surface area (Å²) in [5.41, 5.74) is 3.71. The van der Waals surface area contributed by atoms with Gasteiger partial charge in [-0.3, -0.25) is 0 Å². The second kappa shape index (κ2) is 7.01. The van der Waals surface area contributed by atoms with E-state index in [0.717, 1.165) is 37.2 Å². The number of nitrogens with zero attached hydrogens (tertiary/aromatic N) is 1. The molecule has 1 unspecified atom stereocenters. The summed E-state index contributed by atoms with van der Waals surface area (Å²) in [6.45, 7) is 5.54. The monoisotopic (exact) mass is 364 g/mol. The van der Waals surface area contributed by atoms with Crippen LogP contribution in [0, 0.1) is 25.7 Å². The summed E-state index contributed by atoms with van der Waals surface area (Å²) in [7, 11) is 0. The number of likely N-dealkylation sites (tertiary alicyclic amines) is 1. The van der Waals surface area contributed by atoms with Gasteiger partial charge in [0.05, 0.1) is 5.60 Å². The molecule has 1 aliphatic heterocycles. The molecule has 142 valence electrons. The van der Waals surface area contributed by atoms with Gasteiger partial charge in [0.15, 0.2) is 0 Å². The SMILES string of the molecule is Cc1ccc(NC(=O)N2C[C@@H]3CC(O)(Cc4ccccc4)C[C@@H]3C2)c(C)c1. The first kappa shape index (κ1) is 18.1. The summed E-state index contributed by atoms with van der Waals surface area (Å²) in [6.07, 6.45) is 2.26. The number of carbonyl (C=O) groups excluding carboxylic acids is 1. The highest BCUT2D eigenvalue weighted by Gasteiger charge is 2.49. The van der Waals surface area contributed by atoms with Crippen LogP contribution in [0.5, 0.6) is 0 Å². The highest BCUT2D eigenvalue weighted by atomic mass is 16.3. The standard InChI is InChI=1S/C23H28N2O2/c1-16-8-9-21(17(2)10-16)24-22(26)25-14-19-12-23(27,13-20(19)15-25)11-18-6-4-3-5-7-18/h3-10,19-20,27H,11-15H2,1-2H3,(H,24,26)/t19-,20+,23?. The quantitative estimate of drug-likeness (QED) is 0.860. The Labute approximate surface area is 161 Å². The van der Waals surface area contributed by atoms with Crippen LogP contribution in [0.1, 0.15) is 29.5 Å². The lowest BCUT2D eigenvalue weighted by Gasteiger charge is -2.26. The molecule has 1 saturated carbocycles. The number of urea groups is 1. The average Bonchev–Trinajstić information content (AvgIpc) is 3.13. The number of aryl methyl sites for hydroxylation is 2. The third-order valence-corrected chi connectivity index (χ3v) is 6.15. The van der Waals surface area contributed by atoms with Gasteiger partial charge >= 0.3 is 6.03 Å². The maximum absolute atomic E-state index is 12.7. The minimum Gasteiger partial charge on any atom is -0.390 e. The van der Waals surface area contributed by atoms with E-state index in [1.54, 1.807) is 0 Å². The number of aliphatic hydroxyl groups is 1. The van der Waals surface area contributed by atoms with Gasteiger partial charge in [0.1, 0.15) is 0 Å². The maximum Gasteiger partial charge on any atom is 0.321 e. The zero-order valence-corrected chi connectivity index (χ0v) is 16.1. The summed E-state index contributed by atoms with van der Waals surface area (Å²) >= 11 is 0. The molecule has 1 aliphatic carbocycles. The Morgan fingerprint density at radius 3 is 2.41 bits per heavy atom. The molecular weight excluding hydrogens is 336 g/mol. The number of benzene rings is 2. The van der Waals surface area contributed by atoms with Crippen molar-refractivity contribution in [1.82, 2.24) is 4.90 Å². The van der Waals surface area contributed by atoms with Gasteiger partial charge in [0, 0.05) is 25.2 Å². The summed E-state index contributed by atoms with van der Waals surface area (Å²) < 4.78 is 0. The first-order chi connectivity index (χ1) is 12.9. The Kier molecular flexibility index (Phi) is 4.68. The third-order valence-electron chi connectivity index (χ3n) is 6.15. The van der Waals surface area contributed by atoms with Crippen molar-refractivity contribution in [3.05, 3.63) is 65.2 Å². The lowest BCUT2D eigenvalue weighted by atomic mass is 9.91. The molecule has 4 rings (SSSR count). The topological polar surface area (TPSA) is 52.6 Å². The molecule has 1 saturated heterocycles. The van der Waals surface area contributed by atoms with Crippen LogP contribution < -0.4 is 5.32 Å². The predicted molar refractivity (Wildman–Crippen MR) is 108 cm³/mol. The molecule has 4 heteroatoms. The van der Waals surface area contributed by atoms with Gasteiger partial charge in [-0.1, -0.05) is 48.0 Å². The van der Waals surface area contributed by atoms with E-state index in [0.29, 0.717) is 18.3 Å². The first-order valence-corrected chi connectivity index (χ1v) is 9.81. The average molecular weight is 364 g/mol. The molecule has 2 fully saturated rings. The van der Waals surface area contributed by atoms with Crippen molar-refractivity contribution < 1.29 is 9.90 Å². The van der Waals surface area contributed by atoms with Gasteiger partial charge in [0.25, 0.3) is 0 Å². The summed E-state index contributed by atoms with van der Waals surface area (Å²) in [5.74, 6) is 0.784. The molecule has 2 aliphatic rings. The molecule has 2 amide bonds. The second-order valence-electron chi connectivity index (χ2n) is 8.47. The number of fused-ring (bicyclic) bond motifs is 1. The van der Waals surface area contributed by atoms with Gasteiger partial charge < -0.3 is 15.3 Å². The van der Waals surface area contributed by atoms with Crippen molar-refractivity contribution >= 4 is 11.7 Å². The van der Waals surface area contributed by atoms with Gasteiger partial charge in [-0.25, -0.2) is 4.79 Å². The van der Waals surface area contributed by atoms with Crippen molar-refractivity contribution in [2.45, 2.75) is 38.7 Å².